The van der Waals surface area contributed by atoms with Crippen molar-refractivity contribution in [3.63, 3.8) is 0 Å². The highest BCUT2D eigenvalue weighted by Crippen LogP contribution is 2.15. The minimum atomic E-state index is 0.707. The third kappa shape index (κ3) is 6.04. The van der Waals surface area contributed by atoms with E-state index in [0.717, 1.165) is 24.0 Å². The van der Waals surface area contributed by atoms with E-state index in [1.807, 2.05) is 0 Å². The summed E-state index contributed by atoms with van der Waals surface area (Å²) in [6.45, 7) is 8.74. The monoisotopic (exact) mass is 295 g/mol. The van der Waals surface area contributed by atoms with Crippen molar-refractivity contribution in [1.82, 2.24) is 5.32 Å². The Morgan fingerprint density at radius 2 is 2.18 bits per heavy atom. The number of nitrogens with one attached hydrogen (secondary N) is 1. The largest absolute Gasteiger partial charge is 0.313 e. The number of hydrogen-bond donors (Lipinski definition) is 1. The van der Waals surface area contributed by atoms with Gasteiger partial charge in [0, 0.05) is 11.0 Å². The molecule has 1 aromatic carbocycles. The van der Waals surface area contributed by atoms with E-state index in [1.165, 1.54) is 11.1 Å². The second-order valence-electron chi connectivity index (χ2n) is 4.74. The SMILES string of the molecule is CCC(=Cc1cccc(Br)c1)CNCC(C)C. The van der Waals surface area contributed by atoms with Crippen LogP contribution in [-0.4, -0.2) is 13.1 Å². The van der Waals surface area contributed by atoms with Gasteiger partial charge in [0.25, 0.3) is 0 Å². The molecule has 0 aliphatic heterocycles. The van der Waals surface area contributed by atoms with Gasteiger partial charge in [-0.05, 0) is 36.6 Å². The van der Waals surface area contributed by atoms with Crippen LogP contribution in [0.5, 0.6) is 0 Å². The molecule has 0 spiro atoms. The van der Waals surface area contributed by atoms with Gasteiger partial charge in [0.05, 0.1) is 0 Å². The Kier molecular flexibility index (Phi) is 6.53. The molecule has 17 heavy (non-hydrogen) atoms. The molecule has 0 aliphatic carbocycles. The Morgan fingerprint density at radius 1 is 1.41 bits per heavy atom. The zero-order valence-corrected chi connectivity index (χ0v) is 12.5. The van der Waals surface area contributed by atoms with Crippen molar-refractivity contribution in [3.8, 4) is 0 Å². The maximum atomic E-state index is 3.50. The highest BCUT2D eigenvalue weighted by Gasteiger charge is 1.98. The van der Waals surface area contributed by atoms with Gasteiger partial charge in [-0.15, -0.1) is 0 Å². The summed E-state index contributed by atoms with van der Waals surface area (Å²) in [5, 5.41) is 3.49. The second kappa shape index (κ2) is 7.67. The Balaban J connectivity index is 2.60. The molecule has 0 heterocycles. The van der Waals surface area contributed by atoms with Crippen molar-refractivity contribution in [2.24, 2.45) is 5.92 Å². The van der Waals surface area contributed by atoms with E-state index in [9.17, 15) is 0 Å². The van der Waals surface area contributed by atoms with Gasteiger partial charge in [0.2, 0.25) is 0 Å². The van der Waals surface area contributed by atoms with Gasteiger partial charge in [-0.3, -0.25) is 0 Å². The molecule has 0 bridgehead atoms. The van der Waals surface area contributed by atoms with Crippen LogP contribution < -0.4 is 5.32 Å². The van der Waals surface area contributed by atoms with Crippen LogP contribution in [0.25, 0.3) is 6.08 Å². The number of hydrogen-bond acceptors (Lipinski definition) is 1. The first-order valence-corrected chi connectivity index (χ1v) is 7.06. The summed E-state index contributed by atoms with van der Waals surface area (Å²) in [5.41, 5.74) is 2.71. The average molecular weight is 296 g/mol. The fourth-order valence-electron chi connectivity index (χ4n) is 1.63. The zero-order chi connectivity index (χ0) is 12.7. The average Bonchev–Trinajstić information content (AvgIpc) is 2.27. The van der Waals surface area contributed by atoms with E-state index < -0.39 is 0 Å². The van der Waals surface area contributed by atoms with E-state index in [4.69, 9.17) is 0 Å². The fraction of sp³-hybridized carbons (Fsp3) is 0.467. The topological polar surface area (TPSA) is 12.0 Å². The van der Waals surface area contributed by atoms with Crippen LogP contribution in [0, 0.1) is 5.92 Å². The van der Waals surface area contributed by atoms with Crippen molar-refractivity contribution in [1.29, 1.82) is 0 Å². The van der Waals surface area contributed by atoms with E-state index >= 15 is 0 Å². The summed E-state index contributed by atoms with van der Waals surface area (Å²) in [6, 6.07) is 8.42. The van der Waals surface area contributed by atoms with Crippen LogP contribution in [0.15, 0.2) is 34.3 Å². The summed E-state index contributed by atoms with van der Waals surface area (Å²) in [4.78, 5) is 0. The molecule has 1 nitrogen and oxygen atoms in total. The molecule has 0 atom stereocenters. The molecule has 0 saturated carbocycles. The number of benzene rings is 1. The summed E-state index contributed by atoms with van der Waals surface area (Å²) >= 11 is 3.50. The van der Waals surface area contributed by atoms with Gasteiger partial charge in [-0.2, -0.15) is 0 Å². The summed E-state index contributed by atoms with van der Waals surface area (Å²) in [6.07, 6.45) is 3.37. The third-order valence-electron chi connectivity index (χ3n) is 2.58. The number of halogens is 1. The Morgan fingerprint density at radius 3 is 2.76 bits per heavy atom. The minimum absolute atomic E-state index is 0.707. The molecule has 0 aliphatic rings. The molecule has 0 amide bonds. The lowest BCUT2D eigenvalue weighted by molar-refractivity contribution is 0.569. The van der Waals surface area contributed by atoms with Gasteiger partial charge in [-0.25, -0.2) is 0 Å². The molecule has 0 fully saturated rings. The van der Waals surface area contributed by atoms with Crippen LogP contribution in [0.2, 0.25) is 0 Å². The molecule has 1 aromatic rings. The Hall–Kier alpha value is -0.600. The molecule has 94 valence electrons. The Labute approximate surface area is 113 Å². The first kappa shape index (κ1) is 14.5. The van der Waals surface area contributed by atoms with E-state index in [2.05, 4.69) is 72.4 Å². The summed E-state index contributed by atoms with van der Waals surface area (Å²) in [5.74, 6) is 0.707. The highest BCUT2D eigenvalue weighted by molar-refractivity contribution is 9.10. The molecule has 2 heteroatoms. The van der Waals surface area contributed by atoms with Crippen molar-refractivity contribution < 1.29 is 0 Å². The highest BCUT2D eigenvalue weighted by atomic mass is 79.9. The Bertz CT molecular complexity index is 369. The second-order valence-corrected chi connectivity index (χ2v) is 5.65. The lowest BCUT2D eigenvalue weighted by atomic mass is 10.1. The fourth-order valence-corrected chi connectivity index (χ4v) is 2.05. The molecule has 0 aromatic heterocycles. The van der Waals surface area contributed by atoms with Crippen molar-refractivity contribution in [2.75, 3.05) is 13.1 Å². The van der Waals surface area contributed by atoms with E-state index in [1.54, 1.807) is 0 Å². The molecule has 1 N–H and O–H groups in total. The van der Waals surface area contributed by atoms with Crippen LogP contribution in [0.3, 0.4) is 0 Å². The lowest BCUT2D eigenvalue weighted by Gasteiger charge is -2.09. The lowest BCUT2D eigenvalue weighted by Crippen LogP contribution is -2.21. The van der Waals surface area contributed by atoms with Gasteiger partial charge in [-0.1, -0.05) is 60.5 Å². The predicted octanol–water partition coefficient (Wildman–Crippen LogP) is 4.49. The summed E-state index contributed by atoms with van der Waals surface area (Å²) < 4.78 is 1.14. The number of rotatable bonds is 6. The first-order chi connectivity index (χ1) is 8.11. The van der Waals surface area contributed by atoms with Crippen LogP contribution in [0.4, 0.5) is 0 Å². The molecule has 1 rings (SSSR count). The molecule has 0 saturated heterocycles. The van der Waals surface area contributed by atoms with E-state index in [-0.39, 0.29) is 0 Å². The molecular weight excluding hydrogens is 274 g/mol. The predicted molar refractivity (Wildman–Crippen MR) is 80.1 cm³/mol. The van der Waals surface area contributed by atoms with Crippen LogP contribution in [0.1, 0.15) is 32.8 Å². The van der Waals surface area contributed by atoms with Gasteiger partial charge < -0.3 is 5.32 Å². The standard InChI is InChI=1S/C15H22BrN/c1-4-13(11-17-10-12(2)3)8-14-6-5-7-15(16)9-14/h5-9,12,17H,4,10-11H2,1-3H3. The van der Waals surface area contributed by atoms with Gasteiger partial charge in [0.1, 0.15) is 0 Å². The zero-order valence-electron chi connectivity index (χ0n) is 11.0. The normalized spacial score (nSPS) is 12.2. The van der Waals surface area contributed by atoms with Crippen LogP contribution in [-0.2, 0) is 0 Å². The summed E-state index contributed by atoms with van der Waals surface area (Å²) in [7, 11) is 0. The van der Waals surface area contributed by atoms with Gasteiger partial charge >= 0.3 is 0 Å². The molecule has 0 radical (unpaired) electrons. The van der Waals surface area contributed by atoms with Crippen molar-refractivity contribution in [2.45, 2.75) is 27.2 Å². The first-order valence-electron chi connectivity index (χ1n) is 6.27. The molecule has 0 unspecified atom stereocenters. The molecular formula is C15H22BrN. The third-order valence-corrected chi connectivity index (χ3v) is 3.07. The quantitative estimate of drug-likeness (QED) is 0.815. The smallest absolute Gasteiger partial charge is 0.0181 e. The maximum absolute atomic E-state index is 3.50. The van der Waals surface area contributed by atoms with Crippen LogP contribution >= 0.6 is 15.9 Å². The van der Waals surface area contributed by atoms with E-state index in [0.29, 0.717) is 5.92 Å². The van der Waals surface area contributed by atoms with Crippen molar-refractivity contribution >= 4 is 22.0 Å². The minimum Gasteiger partial charge on any atom is -0.313 e. The maximum Gasteiger partial charge on any atom is 0.0181 e. The van der Waals surface area contributed by atoms with Gasteiger partial charge in [0.15, 0.2) is 0 Å². The van der Waals surface area contributed by atoms with Crippen molar-refractivity contribution in [3.05, 3.63) is 39.9 Å².